The zero-order valence-electron chi connectivity index (χ0n) is 18.2. The van der Waals surface area contributed by atoms with Gasteiger partial charge in [-0.3, -0.25) is 9.59 Å². The normalized spacial score (nSPS) is 10.7. The first kappa shape index (κ1) is 24.8. The third-order valence-corrected chi connectivity index (χ3v) is 5.60. The number of hydrogen-bond acceptors (Lipinski definition) is 8. The summed E-state index contributed by atoms with van der Waals surface area (Å²) >= 11 is 3.24. The van der Waals surface area contributed by atoms with Gasteiger partial charge in [0.15, 0.2) is 11.5 Å². The molecule has 0 aliphatic rings. The van der Waals surface area contributed by atoms with Crippen molar-refractivity contribution < 1.29 is 34.0 Å². The second-order valence-electron chi connectivity index (χ2n) is 6.56. The summed E-state index contributed by atoms with van der Waals surface area (Å²) in [6, 6.07) is 2.92. The Bertz CT molecular complexity index is 1020. The number of nitrogens with zero attached hydrogens (tertiary/aromatic N) is 1. The number of amides is 2. The third-order valence-electron chi connectivity index (χ3n) is 4.63. The summed E-state index contributed by atoms with van der Waals surface area (Å²) in [7, 11) is 4.31. The van der Waals surface area contributed by atoms with E-state index in [1.165, 1.54) is 39.7 Å². The summed E-state index contributed by atoms with van der Waals surface area (Å²) in [4.78, 5) is 24.5. The number of phenols is 2. The van der Waals surface area contributed by atoms with Crippen molar-refractivity contribution in [1.29, 1.82) is 0 Å². The first-order valence-corrected chi connectivity index (χ1v) is 10.1. The van der Waals surface area contributed by atoms with Crippen molar-refractivity contribution in [3.05, 3.63) is 38.9 Å². The van der Waals surface area contributed by atoms with Crippen molar-refractivity contribution in [2.45, 2.75) is 13.8 Å². The van der Waals surface area contributed by atoms with Crippen molar-refractivity contribution in [3.63, 3.8) is 0 Å². The smallest absolute Gasteiger partial charge is 0.259 e. The lowest BCUT2D eigenvalue weighted by molar-refractivity contribution is -0.120. The third kappa shape index (κ3) is 5.22. The maximum atomic E-state index is 12.4. The van der Waals surface area contributed by atoms with E-state index < -0.39 is 11.8 Å². The first-order valence-electron chi connectivity index (χ1n) is 9.26. The van der Waals surface area contributed by atoms with Crippen LogP contribution in [0.2, 0.25) is 0 Å². The van der Waals surface area contributed by atoms with Gasteiger partial charge in [0.25, 0.3) is 11.8 Å². The number of nitrogens with one attached hydrogen (secondary N) is 2. The predicted molar refractivity (Wildman–Crippen MR) is 121 cm³/mol. The molecule has 2 rings (SSSR count). The fourth-order valence-electron chi connectivity index (χ4n) is 2.79. The summed E-state index contributed by atoms with van der Waals surface area (Å²) in [5.41, 5.74) is 3.62. The van der Waals surface area contributed by atoms with E-state index in [1.807, 2.05) is 0 Å². The van der Waals surface area contributed by atoms with Crippen LogP contribution in [0.25, 0.3) is 0 Å². The maximum absolute atomic E-state index is 12.4. The lowest BCUT2D eigenvalue weighted by Crippen LogP contribution is -2.35. The molecule has 0 bridgehead atoms. The van der Waals surface area contributed by atoms with Crippen LogP contribution in [-0.4, -0.2) is 56.1 Å². The molecule has 32 heavy (non-hydrogen) atoms. The van der Waals surface area contributed by atoms with Crippen molar-refractivity contribution in [2.75, 3.05) is 27.9 Å². The lowest BCUT2D eigenvalue weighted by Gasteiger charge is -2.14. The molecule has 0 unspecified atom stereocenters. The molecule has 172 valence electrons. The Labute approximate surface area is 193 Å². The van der Waals surface area contributed by atoms with E-state index in [1.54, 1.807) is 13.8 Å². The Hall–Kier alpha value is -3.47. The van der Waals surface area contributed by atoms with Crippen molar-refractivity contribution in [3.8, 4) is 28.7 Å². The van der Waals surface area contributed by atoms with Crippen molar-refractivity contribution in [1.82, 2.24) is 10.7 Å². The van der Waals surface area contributed by atoms with Gasteiger partial charge in [-0.15, -0.1) is 0 Å². The minimum atomic E-state index is -0.589. The Morgan fingerprint density at radius 2 is 1.62 bits per heavy atom. The number of methoxy groups -OCH3 is 3. The molecule has 0 radical (unpaired) electrons. The quantitative estimate of drug-likeness (QED) is 0.316. The number of aromatic hydroxyl groups is 2. The largest absolute Gasteiger partial charge is 0.507 e. The van der Waals surface area contributed by atoms with E-state index in [2.05, 4.69) is 31.8 Å². The summed E-state index contributed by atoms with van der Waals surface area (Å²) in [6.45, 7) is 2.86. The number of carbonyl (C=O) groups is 2. The van der Waals surface area contributed by atoms with E-state index >= 15 is 0 Å². The Kier molecular flexibility index (Phi) is 8.30. The fourth-order valence-corrected chi connectivity index (χ4v) is 3.30. The van der Waals surface area contributed by atoms with E-state index in [0.29, 0.717) is 32.8 Å². The number of ether oxygens (including phenoxy) is 3. The number of rotatable bonds is 8. The number of hydrogen-bond donors (Lipinski definition) is 4. The van der Waals surface area contributed by atoms with E-state index in [9.17, 15) is 19.8 Å². The molecule has 0 saturated carbocycles. The van der Waals surface area contributed by atoms with Gasteiger partial charge in [0.05, 0.1) is 38.6 Å². The number of phenolic OH excluding ortho intramolecular Hbond substituents is 2. The summed E-state index contributed by atoms with van der Waals surface area (Å²) in [6.07, 6.45) is 1.25. The zero-order chi connectivity index (χ0) is 24.0. The van der Waals surface area contributed by atoms with Crippen LogP contribution in [0.5, 0.6) is 28.7 Å². The molecule has 4 N–H and O–H groups in total. The highest BCUT2D eigenvalue weighted by Crippen LogP contribution is 2.39. The summed E-state index contributed by atoms with van der Waals surface area (Å²) < 4.78 is 16.1. The fraction of sp³-hybridized carbons (Fsp3) is 0.286. The van der Waals surface area contributed by atoms with Gasteiger partial charge in [-0.1, -0.05) is 0 Å². The molecule has 2 amide bonds. The van der Waals surface area contributed by atoms with Crippen LogP contribution in [0.4, 0.5) is 0 Å². The van der Waals surface area contributed by atoms with Crippen LogP contribution in [0.3, 0.4) is 0 Å². The van der Waals surface area contributed by atoms with Crippen LogP contribution in [0.1, 0.15) is 27.0 Å². The second kappa shape index (κ2) is 10.7. The molecule has 0 saturated heterocycles. The van der Waals surface area contributed by atoms with E-state index in [0.717, 1.165) is 0 Å². The highest BCUT2D eigenvalue weighted by molar-refractivity contribution is 9.10. The monoisotopic (exact) mass is 509 g/mol. The Balaban J connectivity index is 2.05. The van der Waals surface area contributed by atoms with Crippen molar-refractivity contribution >= 4 is 34.0 Å². The van der Waals surface area contributed by atoms with Crippen molar-refractivity contribution in [2.24, 2.45) is 5.10 Å². The zero-order valence-corrected chi connectivity index (χ0v) is 19.8. The van der Waals surface area contributed by atoms with Crippen LogP contribution >= 0.6 is 15.9 Å². The Morgan fingerprint density at radius 3 is 2.16 bits per heavy atom. The molecule has 10 nitrogen and oxygen atoms in total. The van der Waals surface area contributed by atoms with Gasteiger partial charge >= 0.3 is 0 Å². The van der Waals surface area contributed by atoms with Crippen LogP contribution in [0.15, 0.2) is 21.7 Å². The van der Waals surface area contributed by atoms with Gasteiger partial charge in [0, 0.05) is 16.7 Å². The van der Waals surface area contributed by atoms with Gasteiger partial charge in [0.2, 0.25) is 5.75 Å². The first-order chi connectivity index (χ1) is 15.2. The van der Waals surface area contributed by atoms with Crippen LogP contribution < -0.4 is 25.0 Å². The van der Waals surface area contributed by atoms with Gasteiger partial charge in [-0.05, 0) is 47.5 Å². The van der Waals surface area contributed by atoms with Gasteiger partial charge in [-0.2, -0.15) is 5.10 Å². The summed E-state index contributed by atoms with van der Waals surface area (Å²) in [5.74, 6) is -0.405. The van der Waals surface area contributed by atoms with Crippen LogP contribution in [-0.2, 0) is 4.79 Å². The molecule has 2 aromatic rings. The van der Waals surface area contributed by atoms with Crippen LogP contribution in [0, 0.1) is 13.8 Å². The topological polar surface area (TPSA) is 139 Å². The van der Waals surface area contributed by atoms with Gasteiger partial charge in [0.1, 0.15) is 11.5 Å². The number of benzene rings is 2. The minimum absolute atomic E-state index is 0.0734. The predicted octanol–water partition coefficient (Wildman–Crippen LogP) is 2.38. The van der Waals surface area contributed by atoms with Gasteiger partial charge in [-0.25, -0.2) is 5.43 Å². The second-order valence-corrected chi connectivity index (χ2v) is 7.36. The minimum Gasteiger partial charge on any atom is -0.507 e. The highest BCUT2D eigenvalue weighted by Gasteiger charge is 2.18. The molecule has 0 aliphatic heterocycles. The summed E-state index contributed by atoms with van der Waals surface area (Å²) in [5, 5.41) is 26.4. The Morgan fingerprint density at radius 1 is 1.03 bits per heavy atom. The maximum Gasteiger partial charge on any atom is 0.259 e. The van der Waals surface area contributed by atoms with E-state index in [4.69, 9.17) is 14.2 Å². The molecule has 0 aromatic heterocycles. The molecule has 2 aromatic carbocycles. The standard InChI is InChI=1S/C21H24BrN3O7/c1-10-13(18(27)11(2)19(28)17(10)22)8-24-25-16(26)9-23-21(29)12-6-14(30-3)20(32-5)15(7-12)31-4/h6-8,27-28H,9H2,1-5H3,(H,23,29)(H,25,26)/b24-8+. The number of halogens is 1. The molecule has 0 atom stereocenters. The molecule has 0 fully saturated rings. The molecular weight excluding hydrogens is 486 g/mol. The lowest BCUT2D eigenvalue weighted by atomic mass is 10.0. The molecule has 0 heterocycles. The molecular formula is C21H24BrN3O7. The highest BCUT2D eigenvalue weighted by atomic mass is 79.9. The SMILES string of the molecule is COc1cc(C(=O)NCC(=O)N/N=C/c2c(C)c(Br)c(O)c(C)c2O)cc(OC)c1OC. The average Bonchev–Trinajstić information content (AvgIpc) is 2.80. The molecule has 0 aliphatic carbocycles. The van der Waals surface area contributed by atoms with Gasteiger partial charge < -0.3 is 29.7 Å². The number of carbonyl (C=O) groups excluding carboxylic acids is 2. The molecule has 0 spiro atoms. The average molecular weight is 510 g/mol. The molecule has 11 heteroatoms. The van der Waals surface area contributed by atoms with E-state index in [-0.39, 0.29) is 29.2 Å². The number of hydrazone groups is 1.